The molecule has 1 aromatic rings. The monoisotopic (exact) mass is 219 g/mol. The summed E-state index contributed by atoms with van der Waals surface area (Å²) in [4.78, 5) is 4.26. The van der Waals surface area contributed by atoms with E-state index in [1.165, 1.54) is 0 Å². The van der Waals surface area contributed by atoms with Crippen molar-refractivity contribution in [3.8, 4) is 0 Å². The van der Waals surface area contributed by atoms with E-state index in [1.807, 2.05) is 18.2 Å². The van der Waals surface area contributed by atoms with Gasteiger partial charge in [-0.25, -0.2) is 0 Å². The number of hydrogen-bond acceptors (Lipinski definition) is 3. The van der Waals surface area contributed by atoms with E-state index >= 15 is 0 Å². The highest BCUT2D eigenvalue weighted by atomic mass is 16.3. The molecule has 2 atom stereocenters. The predicted molar refractivity (Wildman–Crippen MR) is 59.6 cm³/mol. The lowest BCUT2D eigenvalue weighted by Crippen LogP contribution is -2.41. The Balaban J connectivity index is 1.91. The van der Waals surface area contributed by atoms with Gasteiger partial charge in [-0.3, -0.25) is 4.98 Å². The fourth-order valence-electron chi connectivity index (χ4n) is 3.40. The van der Waals surface area contributed by atoms with Crippen LogP contribution < -0.4 is 0 Å². The standard InChI is InChI=1S/C13H17NO2/c15-12-9-4-5-10(12)8-13(16,7-9)11-3-1-2-6-14-11/h1-3,6,9-10,12,15-16H,4-5,7-8H2. The van der Waals surface area contributed by atoms with Crippen molar-refractivity contribution in [2.24, 2.45) is 11.8 Å². The van der Waals surface area contributed by atoms with Crippen LogP contribution in [0.1, 0.15) is 31.4 Å². The van der Waals surface area contributed by atoms with Crippen LogP contribution in [-0.2, 0) is 5.60 Å². The van der Waals surface area contributed by atoms with E-state index in [0.29, 0.717) is 12.8 Å². The second-order valence-corrected chi connectivity index (χ2v) is 5.24. The number of nitrogens with zero attached hydrogens (tertiary/aromatic N) is 1. The van der Waals surface area contributed by atoms with Gasteiger partial charge in [-0.2, -0.15) is 0 Å². The second-order valence-electron chi connectivity index (χ2n) is 5.24. The zero-order valence-corrected chi connectivity index (χ0v) is 9.21. The summed E-state index contributed by atoms with van der Waals surface area (Å²) in [6.45, 7) is 0. The van der Waals surface area contributed by atoms with Crippen LogP contribution in [0.5, 0.6) is 0 Å². The Kier molecular flexibility index (Phi) is 2.26. The molecule has 2 bridgehead atoms. The van der Waals surface area contributed by atoms with Crippen LogP contribution >= 0.6 is 0 Å². The van der Waals surface area contributed by atoms with Gasteiger partial charge in [0.1, 0.15) is 5.60 Å². The molecule has 2 unspecified atom stereocenters. The first-order valence-corrected chi connectivity index (χ1v) is 6.01. The normalized spacial score (nSPS) is 42.2. The smallest absolute Gasteiger partial charge is 0.107 e. The summed E-state index contributed by atoms with van der Waals surface area (Å²) in [5.74, 6) is 0.511. The Bertz CT molecular complexity index is 365. The van der Waals surface area contributed by atoms with E-state index in [-0.39, 0.29) is 17.9 Å². The van der Waals surface area contributed by atoms with Gasteiger partial charge >= 0.3 is 0 Å². The molecule has 1 aromatic heterocycles. The molecule has 3 rings (SSSR count). The Morgan fingerprint density at radius 1 is 1.19 bits per heavy atom. The molecule has 0 aromatic carbocycles. The van der Waals surface area contributed by atoms with Gasteiger partial charge in [0, 0.05) is 6.20 Å². The first-order valence-electron chi connectivity index (χ1n) is 6.01. The molecule has 0 aliphatic heterocycles. The number of rotatable bonds is 1. The van der Waals surface area contributed by atoms with Crippen LogP contribution in [0, 0.1) is 11.8 Å². The fourth-order valence-corrected chi connectivity index (χ4v) is 3.40. The fraction of sp³-hybridized carbons (Fsp3) is 0.615. The van der Waals surface area contributed by atoms with Gasteiger partial charge in [-0.1, -0.05) is 6.07 Å². The van der Waals surface area contributed by atoms with Crippen molar-refractivity contribution in [1.82, 2.24) is 4.98 Å². The Morgan fingerprint density at radius 3 is 2.44 bits per heavy atom. The first kappa shape index (κ1) is 10.2. The van der Waals surface area contributed by atoms with Crippen LogP contribution in [-0.4, -0.2) is 21.3 Å². The molecule has 2 aliphatic carbocycles. The first-order chi connectivity index (χ1) is 7.69. The van der Waals surface area contributed by atoms with Crippen molar-refractivity contribution in [2.75, 3.05) is 0 Å². The maximum absolute atomic E-state index is 10.7. The van der Waals surface area contributed by atoms with Gasteiger partial charge in [-0.15, -0.1) is 0 Å². The molecule has 2 aliphatic rings. The molecule has 2 N–H and O–H groups in total. The molecule has 86 valence electrons. The highest BCUT2D eigenvalue weighted by molar-refractivity contribution is 5.16. The van der Waals surface area contributed by atoms with Crippen molar-refractivity contribution >= 4 is 0 Å². The lowest BCUT2D eigenvalue weighted by molar-refractivity contribution is -0.0783. The van der Waals surface area contributed by atoms with Gasteiger partial charge in [0.15, 0.2) is 0 Å². The molecule has 0 amide bonds. The molecule has 0 saturated heterocycles. The van der Waals surface area contributed by atoms with Crippen LogP contribution in [0.2, 0.25) is 0 Å². The summed E-state index contributed by atoms with van der Waals surface area (Å²) in [6.07, 6.45) is 4.91. The minimum Gasteiger partial charge on any atom is -0.393 e. The van der Waals surface area contributed by atoms with E-state index in [9.17, 15) is 10.2 Å². The van der Waals surface area contributed by atoms with Crippen molar-refractivity contribution in [2.45, 2.75) is 37.4 Å². The van der Waals surface area contributed by atoms with Gasteiger partial charge in [-0.05, 0) is 49.7 Å². The molecule has 0 radical (unpaired) electrons. The highest BCUT2D eigenvalue weighted by Crippen LogP contribution is 2.50. The average molecular weight is 219 g/mol. The van der Waals surface area contributed by atoms with E-state index in [0.717, 1.165) is 18.5 Å². The zero-order chi connectivity index (χ0) is 11.2. The largest absolute Gasteiger partial charge is 0.393 e. The van der Waals surface area contributed by atoms with Crippen LogP contribution in [0.25, 0.3) is 0 Å². The van der Waals surface area contributed by atoms with Crippen molar-refractivity contribution in [3.05, 3.63) is 30.1 Å². The summed E-state index contributed by atoms with van der Waals surface area (Å²) in [5, 5.41) is 20.6. The predicted octanol–water partition coefficient (Wildman–Crippen LogP) is 1.45. The Morgan fingerprint density at radius 2 is 1.88 bits per heavy atom. The molecule has 3 nitrogen and oxygen atoms in total. The lowest BCUT2D eigenvalue weighted by atomic mass is 9.74. The maximum atomic E-state index is 10.7. The third-order valence-electron chi connectivity index (χ3n) is 4.22. The summed E-state index contributed by atoms with van der Waals surface area (Å²) in [7, 11) is 0. The number of pyridine rings is 1. The summed E-state index contributed by atoms with van der Waals surface area (Å²) < 4.78 is 0. The van der Waals surface area contributed by atoms with Gasteiger partial charge in [0.05, 0.1) is 11.8 Å². The molecule has 1 heterocycles. The van der Waals surface area contributed by atoms with Crippen molar-refractivity contribution in [3.63, 3.8) is 0 Å². The molecule has 0 spiro atoms. The van der Waals surface area contributed by atoms with Gasteiger partial charge in [0.2, 0.25) is 0 Å². The van der Waals surface area contributed by atoms with Gasteiger partial charge < -0.3 is 10.2 Å². The van der Waals surface area contributed by atoms with E-state index in [1.54, 1.807) is 6.20 Å². The number of aromatic nitrogens is 1. The zero-order valence-electron chi connectivity index (χ0n) is 9.21. The summed E-state index contributed by atoms with van der Waals surface area (Å²) >= 11 is 0. The Hall–Kier alpha value is -0.930. The quantitative estimate of drug-likeness (QED) is 0.751. The number of hydrogen-bond donors (Lipinski definition) is 2. The summed E-state index contributed by atoms with van der Waals surface area (Å²) in [6, 6.07) is 5.66. The summed E-state index contributed by atoms with van der Waals surface area (Å²) in [5.41, 5.74) is -0.0504. The maximum Gasteiger partial charge on any atom is 0.107 e. The minimum absolute atomic E-state index is 0.205. The topological polar surface area (TPSA) is 53.4 Å². The van der Waals surface area contributed by atoms with Crippen molar-refractivity contribution < 1.29 is 10.2 Å². The lowest BCUT2D eigenvalue weighted by Gasteiger charge is -2.38. The molecule has 16 heavy (non-hydrogen) atoms. The van der Waals surface area contributed by atoms with Crippen molar-refractivity contribution in [1.29, 1.82) is 0 Å². The Labute approximate surface area is 95.1 Å². The molecular formula is C13H17NO2. The SMILES string of the molecule is OC1C2CCC1CC(O)(c1ccccn1)C2. The average Bonchev–Trinajstić information content (AvgIpc) is 2.54. The molecule has 2 saturated carbocycles. The molecule has 3 heteroatoms. The van der Waals surface area contributed by atoms with Gasteiger partial charge in [0.25, 0.3) is 0 Å². The van der Waals surface area contributed by atoms with Crippen LogP contribution in [0.15, 0.2) is 24.4 Å². The molecular weight excluding hydrogens is 202 g/mol. The number of aliphatic hydroxyl groups is 2. The highest BCUT2D eigenvalue weighted by Gasteiger charge is 2.49. The minimum atomic E-state index is -0.813. The number of fused-ring (bicyclic) bond motifs is 2. The second kappa shape index (κ2) is 3.54. The van der Waals surface area contributed by atoms with E-state index in [4.69, 9.17) is 0 Å². The third-order valence-corrected chi connectivity index (χ3v) is 4.22. The van der Waals surface area contributed by atoms with E-state index in [2.05, 4.69) is 4.98 Å². The van der Waals surface area contributed by atoms with Crippen LogP contribution in [0.4, 0.5) is 0 Å². The molecule has 2 fully saturated rings. The number of aliphatic hydroxyl groups excluding tert-OH is 1. The van der Waals surface area contributed by atoms with Crippen LogP contribution in [0.3, 0.4) is 0 Å². The third kappa shape index (κ3) is 1.46. The van der Waals surface area contributed by atoms with E-state index < -0.39 is 5.60 Å².